The first kappa shape index (κ1) is 19.1. The zero-order chi connectivity index (χ0) is 15.0. The van der Waals surface area contributed by atoms with E-state index in [9.17, 15) is 4.79 Å². The van der Waals surface area contributed by atoms with Crippen LogP contribution >= 0.6 is 12.4 Å². The van der Waals surface area contributed by atoms with Crippen LogP contribution in [0.3, 0.4) is 0 Å². The maximum Gasteiger partial charge on any atom is 0.227 e. The smallest absolute Gasteiger partial charge is 0.227 e. The number of rotatable bonds is 2. The number of carbonyl (C=O) groups is 1. The number of nitrogens with zero attached hydrogens (tertiary/aromatic N) is 2. The van der Waals surface area contributed by atoms with Crippen LogP contribution in [0.5, 0.6) is 0 Å². The van der Waals surface area contributed by atoms with E-state index in [4.69, 9.17) is 5.73 Å². The molecule has 3 rings (SSSR count). The highest BCUT2D eigenvalue weighted by molar-refractivity contribution is 5.96. The molecule has 1 amide bonds. The van der Waals surface area contributed by atoms with Crippen LogP contribution in [-0.4, -0.2) is 17.9 Å². The number of amides is 1. The van der Waals surface area contributed by atoms with E-state index in [2.05, 4.69) is 17.1 Å². The van der Waals surface area contributed by atoms with Gasteiger partial charge in [-0.25, -0.2) is 0 Å². The molecular weight excluding hydrogens is 310 g/mol. The number of nitrogens with two attached hydrogens (primary N) is 1. The zero-order valence-electron chi connectivity index (χ0n) is 12.7. The lowest BCUT2D eigenvalue weighted by molar-refractivity contribution is -0.118. The molecule has 23 heavy (non-hydrogen) atoms. The number of hydrogen-bond donors (Lipinski definition) is 1. The van der Waals surface area contributed by atoms with Crippen LogP contribution < -0.4 is 10.6 Å². The summed E-state index contributed by atoms with van der Waals surface area (Å²) in [5.74, 6) is 0.177. The molecule has 2 heterocycles. The lowest BCUT2D eigenvalue weighted by atomic mass is 9.96. The summed E-state index contributed by atoms with van der Waals surface area (Å²) >= 11 is 0. The van der Waals surface area contributed by atoms with E-state index in [1.807, 2.05) is 32.3 Å². The summed E-state index contributed by atoms with van der Waals surface area (Å²) in [6.45, 7) is 1.95. The van der Waals surface area contributed by atoms with Gasteiger partial charge < -0.3 is 10.6 Å². The minimum Gasteiger partial charge on any atom is -0.324 e. The number of pyridine rings is 1. The second kappa shape index (κ2) is 7.57. The Morgan fingerprint density at radius 1 is 1.17 bits per heavy atom. The Kier molecular flexibility index (Phi) is 6.30. The van der Waals surface area contributed by atoms with Gasteiger partial charge in [-0.2, -0.15) is 0 Å². The first-order valence-corrected chi connectivity index (χ1v) is 7.16. The van der Waals surface area contributed by atoms with Gasteiger partial charge in [0.05, 0.1) is 0 Å². The molecule has 0 bridgehead atoms. The summed E-state index contributed by atoms with van der Waals surface area (Å²) < 4.78 is 0. The lowest BCUT2D eigenvalue weighted by Crippen LogP contribution is -2.30. The van der Waals surface area contributed by atoms with E-state index >= 15 is 0 Å². The first-order chi connectivity index (χ1) is 10.1. The van der Waals surface area contributed by atoms with E-state index < -0.39 is 0 Å². The molecule has 0 radical (unpaired) electrons. The van der Waals surface area contributed by atoms with Crippen molar-refractivity contribution < 1.29 is 4.79 Å². The second-order valence-electron chi connectivity index (χ2n) is 5.59. The Hall–Kier alpha value is -1.91. The number of fused-ring (bicyclic) bond motifs is 1. The highest BCUT2D eigenvalue weighted by Gasteiger charge is 2.21. The van der Waals surface area contributed by atoms with E-state index in [0.717, 1.165) is 28.8 Å². The molecular formula is C18H24ClN3O. The van der Waals surface area contributed by atoms with Crippen molar-refractivity contribution in [2.75, 3.05) is 11.9 Å². The summed E-state index contributed by atoms with van der Waals surface area (Å²) in [5, 5.41) is 0. The quantitative estimate of drug-likeness (QED) is 0.910. The first-order valence-electron chi connectivity index (χ1n) is 7.16. The molecule has 1 aliphatic heterocycles. The molecule has 0 spiro atoms. The monoisotopic (exact) mass is 333 g/mol. The van der Waals surface area contributed by atoms with Crippen LogP contribution in [0.2, 0.25) is 0 Å². The number of halogens is 1. The van der Waals surface area contributed by atoms with Gasteiger partial charge in [0.25, 0.3) is 0 Å². The normalized spacial score (nSPS) is 14.4. The van der Waals surface area contributed by atoms with Crippen LogP contribution in [0.1, 0.15) is 37.9 Å². The Bertz CT molecular complexity index is 700. The minimum absolute atomic E-state index is 0. The predicted molar refractivity (Wildman–Crippen MR) is 98.0 cm³/mol. The zero-order valence-corrected chi connectivity index (χ0v) is 13.6. The molecule has 0 saturated carbocycles. The molecule has 124 valence electrons. The highest BCUT2D eigenvalue weighted by atomic mass is 35.5. The molecule has 2 aromatic rings. The van der Waals surface area contributed by atoms with Gasteiger partial charge in [-0.15, -0.1) is 12.4 Å². The van der Waals surface area contributed by atoms with Crippen LogP contribution in [-0.2, 0) is 11.2 Å². The van der Waals surface area contributed by atoms with Crippen molar-refractivity contribution >= 4 is 24.0 Å². The average Bonchev–Trinajstić information content (AvgIpc) is 2.51. The SMILES string of the molecule is C.CC(N)c1cncc(-c2ccc3c(c2)CCC(=O)N3C)c1.Cl. The fraction of sp³-hybridized carbons (Fsp3) is 0.333. The van der Waals surface area contributed by atoms with Gasteiger partial charge in [0, 0.05) is 43.2 Å². The third-order valence-corrected chi connectivity index (χ3v) is 4.04. The number of hydrogen-bond acceptors (Lipinski definition) is 3. The van der Waals surface area contributed by atoms with E-state index in [-0.39, 0.29) is 31.8 Å². The number of carbonyl (C=O) groups excluding carboxylic acids is 1. The molecule has 0 fully saturated rings. The maximum atomic E-state index is 11.7. The highest BCUT2D eigenvalue weighted by Crippen LogP contribution is 2.31. The van der Waals surface area contributed by atoms with Crippen molar-refractivity contribution in [3.8, 4) is 11.1 Å². The average molecular weight is 334 g/mol. The second-order valence-corrected chi connectivity index (χ2v) is 5.59. The molecule has 1 aliphatic rings. The molecule has 1 aromatic heterocycles. The largest absolute Gasteiger partial charge is 0.324 e. The minimum atomic E-state index is -0.0289. The van der Waals surface area contributed by atoms with Gasteiger partial charge in [-0.1, -0.05) is 13.5 Å². The third kappa shape index (κ3) is 3.71. The summed E-state index contributed by atoms with van der Waals surface area (Å²) in [4.78, 5) is 17.7. The Labute approximate surface area is 144 Å². The lowest BCUT2D eigenvalue weighted by Gasteiger charge is -2.26. The van der Waals surface area contributed by atoms with Crippen molar-refractivity contribution in [3.63, 3.8) is 0 Å². The number of aromatic nitrogens is 1. The molecule has 1 aromatic carbocycles. The van der Waals surface area contributed by atoms with Gasteiger partial charge in [0.2, 0.25) is 5.91 Å². The fourth-order valence-electron chi connectivity index (χ4n) is 2.70. The Morgan fingerprint density at radius 3 is 2.61 bits per heavy atom. The summed E-state index contributed by atoms with van der Waals surface area (Å²) in [6, 6.07) is 8.26. The van der Waals surface area contributed by atoms with Crippen molar-refractivity contribution in [2.45, 2.75) is 33.2 Å². The van der Waals surface area contributed by atoms with Crippen molar-refractivity contribution in [1.29, 1.82) is 0 Å². The van der Waals surface area contributed by atoms with E-state index in [0.29, 0.717) is 6.42 Å². The molecule has 0 saturated heterocycles. The fourth-order valence-corrected chi connectivity index (χ4v) is 2.70. The third-order valence-electron chi connectivity index (χ3n) is 4.04. The topological polar surface area (TPSA) is 59.2 Å². The number of aryl methyl sites for hydroxylation is 1. The van der Waals surface area contributed by atoms with Gasteiger partial charge in [0.15, 0.2) is 0 Å². The summed E-state index contributed by atoms with van der Waals surface area (Å²) in [6.07, 6.45) is 5.03. The molecule has 0 aliphatic carbocycles. The number of benzene rings is 1. The van der Waals surface area contributed by atoms with E-state index in [1.54, 1.807) is 11.1 Å². The summed E-state index contributed by atoms with van der Waals surface area (Å²) in [5.41, 5.74) is 11.3. The maximum absolute atomic E-state index is 11.7. The molecule has 4 nitrogen and oxygen atoms in total. The van der Waals surface area contributed by atoms with Gasteiger partial charge in [0.1, 0.15) is 0 Å². The van der Waals surface area contributed by atoms with Crippen LogP contribution in [0.25, 0.3) is 11.1 Å². The van der Waals surface area contributed by atoms with Gasteiger partial charge in [-0.05, 0) is 48.2 Å². The van der Waals surface area contributed by atoms with Gasteiger partial charge in [-0.3, -0.25) is 9.78 Å². The number of anilines is 1. The van der Waals surface area contributed by atoms with Crippen molar-refractivity contribution in [2.24, 2.45) is 5.73 Å². The molecule has 1 atom stereocenters. The van der Waals surface area contributed by atoms with E-state index in [1.165, 1.54) is 5.56 Å². The predicted octanol–water partition coefficient (Wildman–Crippen LogP) is 3.74. The molecule has 1 unspecified atom stereocenters. The molecule has 5 heteroatoms. The van der Waals surface area contributed by atoms with Crippen LogP contribution in [0.15, 0.2) is 36.7 Å². The van der Waals surface area contributed by atoms with Crippen molar-refractivity contribution in [1.82, 2.24) is 4.98 Å². The standard InChI is InChI=1S/C17H19N3O.CH4.ClH/c1-11(18)14-8-15(10-19-9-14)12-3-5-16-13(7-12)4-6-17(21)20(16)2;;/h3,5,7-11H,4,6,18H2,1-2H3;1H4;1H. The van der Waals surface area contributed by atoms with Gasteiger partial charge >= 0.3 is 0 Å². The summed E-state index contributed by atoms with van der Waals surface area (Å²) in [7, 11) is 1.83. The van der Waals surface area contributed by atoms with Crippen LogP contribution in [0.4, 0.5) is 5.69 Å². The Morgan fingerprint density at radius 2 is 1.91 bits per heavy atom. The van der Waals surface area contributed by atoms with Crippen molar-refractivity contribution in [3.05, 3.63) is 47.8 Å². The Balaban J connectivity index is 0.00000132. The molecule has 2 N–H and O–H groups in total. The van der Waals surface area contributed by atoms with Crippen LogP contribution in [0, 0.1) is 0 Å².